The lowest BCUT2D eigenvalue weighted by molar-refractivity contribution is -0.129. The van der Waals surface area contributed by atoms with Gasteiger partial charge in [-0.25, -0.2) is 0 Å². The largest absolute Gasteiger partial charge is 0.329 e. The molecule has 6 heteroatoms. The van der Waals surface area contributed by atoms with Gasteiger partial charge in [-0.1, -0.05) is 24.7 Å². The summed E-state index contributed by atoms with van der Waals surface area (Å²) in [5.41, 5.74) is 5.31. The van der Waals surface area contributed by atoms with Crippen LogP contribution in [0.1, 0.15) is 31.2 Å². The summed E-state index contributed by atoms with van der Waals surface area (Å²) in [6, 6.07) is 0. The Bertz CT molecular complexity index is 380. The number of hydrogen-bond donors (Lipinski definition) is 2. The third-order valence-corrected chi connectivity index (χ3v) is 4.16. The van der Waals surface area contributed by atoms with Crippen molar-refractivity contribution in [1.82, 2.24) is 10.2 Å². The summed E-state index contributed by atoms with van der Waals surface area (Å²) in [5.74, 6) is 0.0000491. The number of hydrogen-bond acceptors (Lipinski definition) is 5. The molecule has 1 heterocycles. The predicted octanol–water partition coefficient (Wildman–Crippen LogP) is 1.17. The Labute approximate surface area is 98.4 Å². The fourth-order valence-corrected chi connectivity index (χ4v) is 2.48. The van der Waals surface area contributed by atoms with Crippen molar-refractivity contribution >= 4 is 22.4 Å². The Morgan fingerprint density at radius 2 is 2.31 bits per heavy atom. The number of carbonyl (C=O) groups excluding carboxylic acids is 1. The number of amides is 1. The fourth-order valence-electron chi connectivity index (χ4n) is 1.80. The van der Waals surface area contributed by atoms with Crippen LogP contribution in [0.25, 0.3) is 0 Å². The number of rotatable bonds is 4. The third-order valence-electron chi connectivity index (χ3n) is 3.17. The predicted molar refractivity (Wildman–Crippen MR) is 63.3 cm³/mol. The van der Waals surface area contributed by atoms with Crippen molar-refractivity contribution in [3.8, 4) is 0 Å². The van der Waals surface area contributed by atoms with Gasteiger partial charge in [0.25, 0.3) is 0 Å². The lowest BCUT2D eigenvalue weighted by Crippen LogP contribution is -2.47. The first kappa shape index (κ1) is 11.5. The zero-order valence-electron chi connectivity index (χ0n) is 9.32. The van der Waals surface area contributed by atoms with Gasteiger partial charge in [0.05, 0.1) is 5.41 Å². The minimum Gasteiger partial charge on any atom is -0.329 e. The maximum Gasteiger partial charge on any atom is 0.233 e. The Balaban J connectivity index is 2.01. The third kappa shape index (κ3) is 1.94. The van der Waals surface area contributed by atoms with E-state index in [1.165, 1.54) is 11.3 Å². The van der Waals surface area contributed by atoms with Crippen LogP contribution in [0.5, 0.6) is 0 Å². The molecule has 16 heavy (non-hydrogen) atoms. The van der Waals surface area contributed by atoms with Gasteiger partial charge in [0.1, 0.15) is 5.01 Å². The van der Waals surface area contributed by atoms with Gasteiger partial charge in [-0.3, -0.25) is 10.1 Å². The highest BCUT2D eigenvalue weighted by Crippen LogP contribution is 2.40. The number of nitrogens with two attached hydrogens (primary N) is 1. The highest BCUT2D eigenvalue weighted by Gasteiger charge is 2.43. The molecule has 0 bridgehead atoms. The molecule has 1 fully saturated rings. The molecule has 0 atom stereocenters. The van der Waals surface area contributed by atoms with E-state index in [1.807, 2.05) is 6.92 Å². The number of nitrogens with zero attached hydrogens (tertiary/aromatic N) is 2. The number of anilines is 1. The van der Waals surface area contributed by atoms with Gasteiger partial charge >= 0.3 is 0 Å². The van der Waals surface area contributed by atoms with E-state index in [4.69, 9.17) is 5.73 Å². The molecule has 0 unspecified atom stereocenters. The average molecular weight is 240 g/mol. The fraction of sp³-hybridized carbons (Fsp3) is 0.700. The van der Waals surface area contributed by atoms with Gasteiger partial charge in [0.2, 0.25) is 11.0 Å². The molecule has 1 aliphatic carbocycles. The van der Waals surface area contributed by atoms with Gasteiger partial charge in [0.15, 0.2) is 0 Å². The first-order valence-corrected chi connectivity index (χ1v) is 6.36. The summed E-state index contributed by atoms with van der Waals surface area (Å²) in [6.07, 6.45) is 3.69. The highest BCUT2D eigenvalue weighted by molar-refractivity contribution is 7.15. The van der Waals surface area contributed by atoms with E-state index in [2.05, 4.69) is 15.5 Å². The van der Waals surface area contributed by atoms with Gasteiger partial charge in [-0.05, 0) is 19.3 Å². The van der Waals surface area contributed by atoms with Gasteiger partial charge in [0, 0.05) is 6.54 Å². The summed E-state index contributed by atoms with van der Waals surface area (Å²) in [7, 11) is 0. The number of carbonyl (C=O) groups is 1. The molecule has 2 rings (SSSR count). The second-order valence-corrected chi connectivity index (χ2v) is 5.21. The van der Waals surface area contributed by atoms with Gasteiger partial charge in [-0.2, -0.15) is 0 Å². The van der Waals surface area contributed by atoms with E-state index in [0.717, 1.165) is 30.7 Å². The molecule has 5 nitrogen and oxygen atoms in total. The zero-order chi connectivity index (χ0) is 11.6. The zero-order valence-corrected chi connectivity index (χ0v) is 10.1. The van der Waals surface area contributed by atoms with Crippen molar-refractivity contribution in [2.75, 3.05) is 11.9 Å². The molecule has 1 amide bonds. The van der Waals surface area contributed by atoms with Crippen LogP contribution in [0.4, 0.5) is 5.13 Å². The van der Waals surface area contributed by atoms with E-state index in [9.17, 15) is 4.79 Å². The Hall–Kier alpha value is -1.01. The van der Waals surface area contributed by atoms with Crippen molar-refractivity contribution in [1.29, 1.82) is 0 Å². The van der Waals surface area contributed by atoms with E-state index in [0.29, 0.717) is 11.7 Å². The van der Waals surface area contributed by atoms with E-state index < -0.39 is 0 Å². The average Bonchev–Trinajstić information content (AvgIpc) is 2.64. The van der Waals surface area contributed by atoms with Crippen LogP contribution in [0.2, 0.25) is 0 Å². The first-order chi connectivity index (χ1) is 7.70. The maximum atomic E-state index is 12.0. The lowest BCUT2D eigenvalue weighted by atomic mass is 9.68. The lowest BCUT2D eigenvalue weighted by Gasteiger charge is -2.38. The molecule has 1 saturated carbocycles. The molecule has 3 N–H and O–H groups in total. The smallest absolute Gasteiger partial charge is 0.233 e. The molecule has 0 spiro atoms. The Morgan fingerprint density at radius 1 is 1.56 bits per heavy atom. The highest BCUT2D eigenvalue weighted by atomic mass is 32.1. The maximum absolute atomic E-state index is 12.0. The quantitative estimate of drug-likeness (QED) is 0.827. The Kier molecular flexibility index (Phi) is 3.20. The molecule has 1 aromatic rings. The van der Waals surface area contributed by atoms with Crippen molar-refractivity contribution in [3.05, 3.63) is 5.01 Å². The van der Waals surface area contributed by atoms with Gasteiger partial charge in [-0.15, -0.1) is 10.2 Å². The summed E-state index contributed by atoms with van der Waals surface area (Å²) in [6.45, 7) is 2.43. The summed E-state index contributed by atoms with van der Waals surface area (Å²) in [5, 5.41) is 12.2. The van der Waals surface area contributed by atoms with Crippen LogP contribution in [0.3, 0.4) is 0 Å². The standard InChI is InChI=1S/C10H16N4OS/c1-2-7-13-14-9(16-7)12-8(15)10(6-11)4-3-5-10/h2-6,11H2,1H3,(H,12,14,15). The molecule has 0 radical (unpaired) electrons. The van der Waals surface area contributed by atoms with E-state index >= 15 is 0 Å². The second-order valence-electron chi connectivity index (χ2n) is 4.15. The topological polar surface area (TPSA) is 80.9 Å². The molecule has 0 aromatic carbocycles. The second kappa shape index (κ2) is 4.47. The van der Waals surface area contributed by atoms with Crippen LogP contribution in [-0.2, 0) is 11.2 Å². The molecular formula is C10H16N4OS. The summed E-state index contributed by atoms with van der Waals surface area (Å²) >= 11 is 1.43. The minimum absolute atomic E-state index is 0.0000491. The van der Waals surface area contributed by atoms with Crippen LogP contribution in [0, 0.1) is 5.41 Å². The molecule has 1 aliphatic rings. The van der Waals surface area contributed by atoms with Crippen LogP contribution in [0.15, 0.2) is 0 Å². The monoisotopic (exact) mass is 240 g/mol. The summed E-state index contributed by atoms with van der Waals surface area (Å²) in [4.78, 5) is 12.0. The van der Waals surface area contributed by atoms with Crippen molar-refractivity contribution in [3.63, 3.8) is 0 Å². The van der Waals surface area contributed by atoms with Crippen molar-refractivity contribution in [2.24, 2.45) is 11.1 Å². The SMILES string of the molecule is CCc1nnc(NC(=O)C2(CN)CCC2)s1. The number of aromatic nitrogens is 2. The van der Waals surface area contributed by atoms with Crippen LogP contribution < -0.4 is 11.1 Å². The first-order valence-electron chi connectivity index (χ1n) is 5.54. The van der Waals surface area contributed by atoms with E-state index in [1.54, 1.807) is 0 Å². The minimum atomic E-state index is -0.349. The van der Waals surface area contributed by atoms with Crippen LogP contribution in [-0.4, -0.2) is 22.6 Å². The molecule has 1 aromatic heterocycles. The number of nitrogens with one attached hydrogen (secondary N) is 1. The van der Waals surface area contributed by atoms with Crippen molar-refractivity contribution < 1.29 is 4.79 Å². The van der Waals surface area contributed by atoms with E-state index in [-0.39, 0.29) is 11.3 Å². The summed E-state index contributed by atoms with van der Waals surface area (Å²) < 4.78 is 0. The van der Waals surface area contributed by atoms with Gasteiger partial charge < -0.3 is 5.73 Å². The van der Waals surface area contributed by atoms with Crippen LogP contribution >= 0.6 is 11.3 Å². The molecule has 0 aliphatic heterocycles. The van der Waals surface area contributed by atoms with Crippen molar-refractivity contribution in [2.45, 2.75) is 32.6 Å². The molecule has 88 valence electrons. The molecular weight excluding hydrogens is 224 g/mol. The Morgan fingerprint density at radius 3 is 2.75 bits per heavy atom. The molecule has 0 saturated heterocycles. The normalized spacial score (nSPS) is 17.9. The number of aryl methyl sites for hydroxylation is 1.